The lowest BCUT2D eigenvalue weighted by Gasteiger charge is -2.08. The maximum absolute atomic E-state index is 12.0. The molecule has 2 aromatic rings. The maximum Gasteiger partial charge on any atom is 0.344 e. The van der Waals surface area contributed by atoms with Crippen molar-refractivity contribution in [2.24, 2.45) is 0 Å². The summed E-state index contributed by atoms with van der Waals surface area (Å²) in [5, 5.41) is 3.96. The number of hydrogen-bond donors (Lipinski definition) is 0. The highest BCUT2D eigenvalue weighted by molar-refractivity contribution is 9.10. The van der Waals surface area contributed by atoms with E-state index in [2.05, 4.69) is 21.1 Å². The third kappa shape index (κ3) is 2.70. The lowest BCUT2D eigenvalue weighted by molar-refractivity contribution is 0.0525. The molecule has 0 radical (unpaired) electrons. The number of carbonyl (C=O) groups is 1. The Hall–Kier alpha value is -1.82. The molecule has 2 rings (SSSR count). The first-order chi connectivity index (χ1) is 9.58. The van der Waals surface area contributed by atoms with Crippen LogP contribution in [-0.2, 0) is 4.74 Å². The number of hydrogen-bond acceptors (Lipinski definition) is 5. The fourth-order valence-corrected chi connectivity index (χ4v) is 2.23. The molecule has 0 saturated carbocycles. The zero-order chi connectivity index (χ0) is 14.7. The Morgan fingerprint density at radius 1 is 1.45 bits per heavy atom. The minimum atomic E-state index is -0.455. The molecule has 1 aromatic heterocycles. The number of esters is 1. The van der Waals surface area contributed by atoms with Gasteiger partial charge in [0.15, 0.2) is 0 Å². The van der Waals surface area contributed by atoms with E-state index >= 15 is 0 Å². The molecule has 0 bridgehead atoms. The predicted octanol–water partition coefficient (Wildman–Crippen LogP) is 3.60. The Labute approximate surface area is 125 Å². The Morgan fingerprint density at radius 3 is 2.85 bits per heavy atom. The highest BCUT2D eigenvalue weighted by Gasteiger charge is 2.24. The van der Waals surface area contributed by atoms with Crippen molar-refractivity contribution >= 4 is 21.9 Å². The molecule has 0 atom stereocenters. The van der Waals surface area contributed by atoms with Crippen LogP contribution in [0.4, 0.5) is 0 Å². The molecular formula is C14H14BrNO4. The summed E-state index contributed by atoms with van der Waals surface area (Å²) in [4.78, 5) is 12.0. The van der Waals surface area contributed by atoms with Crippen LogP contribution in [0.1, 0.15) is 23.0 Å². The quantitative estimate of drug-likeness (QED) is 0.796. The number of aryl methyl sites for hydroxylation is 1. The van der Waals surface area contributed by atoms with Gasteiger partial charge in [-0.1, -0.05) is 21.1 Å². The average molecular weight is 340 g/mol. The van der Waals surface area contributed by atoms with E-state index in [4.69, 9.17) is 14.0 Å². The van der Waals surface area contributed by atoms with Crippen molar-refractivity contribution in [1.29, 1.82) is 0 Å². The van der Waals surface area contributed by atoms with E-state index in [0.717, 1.165) is 4.47 Å². The van der Waals surface area contributed by atoms with E-state index in [-0.39, 0.29) is 0 Å². The monoisotopic (exact) mass is 339 g/mol. The number of methoxy groups -OCH3 is 1. The van der Waals surface area contributed by atoms with Crippen LogP contribution in [-0.4, -0.2) is 24.8 Å². The highest BCUT2D eigenvalue weighted by Crippen LogP contribution is 2.35. The summed E-state index contributed by atoms with van der Waals surface area (Å²) in [6.07, 6.45) is 0. The molecule has 1 heterocycles. The molecule has 0 N–H and O–H groups in total. The smallest absolute Gasteiger partial charge is 0.344 e. The minimum Gasteiger partial charge on any atom is -0.496 e. The van der Waals surface area contributed by atoms with Gasteiger partial charge in [-0.3, -0.25) is 0 Å². The second-order valence-electron chi connectivity index (χ2n) is 4.03. The molecule has 0 aliphatic heterocycles. The number of halogens is 1. The molecule has 0 fully saturated rings. The van der Waals surface area contributed by atoms with Crippen molar-refractivity contribution in [1.82, 2.24) is 5.16 Å². The van der Waals surface area contributed by atoms with Gasteiger partial charge in [0, 0.05) is 10.0 Å². The minimum absolute atomic E-state index is 0.290. The van der Waals surface area contributed by atoms with E-state index in [1.165, 1.54) is 0 Å². The Balaban J connectivity index is 2.59. The number of nitrogens with zero attached hydrogens (tertiary/aromatic N) is 1. The van der Waals surface area contributed by atoms with Gasteiger partial charge >= 0.3 is 5.97 Å². The second-order valence-corrected chi connectivity index (χ2v) is 4.94. The first kappa shape index (κ1) is 14.6. The molecule has 20 heavy (non-hydrogen) atoms. The molecule has 0 saturated heterocycles. The topological polar surface area (TPSA) is 61.6 Å². The molecule has 0 spiro atoms. The van der Waals surface area contributed by atoms with Gasteiger partial charge in [-0.2, -0.15) is 0 Å². The summed E-state index contributed by atoms with van der Waals surface area (Å²) in [6, 6.07) is 5.45. The van der Waals surface area contributed by atoms with Crippen molar-refractivity contribution in [3.8, 4) is 17.0 Å². The molecule has 1 aromatic carbocycles. The summed E-state index contributed by atoms with van der Waals surface area (Å²) in [6.45, 7) is 3.71. The van der Waals surface area contributed by atoms with E-state index in [1.54, 1.807) is 27.0 Å². The largest absolute Gasteiger partial charge is 0.496 e. The van der Waals surface area contributed by atoms with Crippen LogP contribution in [0.5, 0.6) is 5.75 Å². The number of ether oxygens (including phenoxy) is 2. The van der Waals surface area contributed by atoms with Gasteiger partial charge in [-0.25, -0.2) is 4.79 Å². The Bertz CT molecular complexity index is 636. The van der Waals surface area contributed by atoms with Crippen molar-refractivity contribution < 1.29 is 18.8 Å². The number of rotatable bonds is 4. The van der Waals surface area contributed by atoms with Crippen LogP contribution in [0, 0.1) is 6.92 Å². The van der Waals surface area contributed by atoms with E-state index in [9.17, 15) is 4.79 Å². The van der Waals surface area contributed by atoms with Crippen LogP contribution in [0.15, 0.2) is 27.2 Å². The van der Waals surface area contributed by atoms with E-state index < -0.39 is 5.97 Å². The van der Waals surface area contributed by atoms with E-state index in [0.29, 0.717) is 34.9 Å². The third-order valence-electron chi connectivity index (χ3n) is 2.76. The number of carbonyl (C=O) groups excluding carboxylic acids is 1. The molecule has 6 heteroatoms. The lowest BCUT2D eigenvalue weighted by Crippen LogP contribution is -2.07. The molecule has 0 aliphatic carbocycles. The van der Waals surface area contributed by atoms with Crippen LogP contribution in [0.3, 0.4) is 0 Å². The first-order valence-electron chi connectivity index (χ1n) is 6.05. The van der Waals surface area contributed by atoms with Crippen molar-refractivity contribution in [3.05, 3.63) is 34.0 Å². The van der Waals surface area contributed by atoms with Gasteiger partial charge in [0.05, 0.1) is 13.7 Å². The normalized spacial score (nSPS) is 10.4. The van der Waals surface area contributed by atoms with Crippen molar-refractivity contribution in [3.63, 3.8) is 0 Å². The van der Waals surface area contributed by atoms with Crippen molar-refractivity contribution in [2.75, 3.05) is 13.7 Å². The van der Waals surface area contributed by atoms with Gasteiger partial charge in [0.2, 0.25) is 0 Å². The fraction of sp³-hybridized carbons (Fsp3) is 0.286. The predicted molar refractivity (Wildman–Crippen MR) is 76.9 cm³/mol. The maximum atomic E-state index is 12.0. The Morgan fingerprint density at radius 2 is 2.20 bits per heavy atom. The van der Waals surface area contributed by atoms with Crippen LogP contribution in [0.25, 0.3) is 11.3 Å². The van der Waals surface area contributed by atoms with Crippen molar-refractivity contribution in [2.45, 2.75) is 13.8 Å². The molecule has 5 nitrogen and oxygen atoms in total. The lowest BCUT2D eigenvalue weighted by atomic mass is 10.1. The summed E-state index contributed by atoms with van der Waals surface area (Å²) in [5.41, 5.74) is 1.41. The number of benzene rings is 1. The van der Waals surface area contributed by atoms with Gasteiger partial charge in [0.1, 0.15) is 22.8 Å². The van der Waals surface area contributed by atoms with Gasteiger partial charge in [0.25, 0.3) is 0 Å². The van der Waals surface area contributed by atoms with Crippen LogP contribution in [0.2, 0.25) is 0 Å². The number of aromatic nitrogens is 1. The Kier molecular flexibility index (Phi) is 4.44. The fourth-order valence-electron chi connectivity index (χ4n) is 1.86. The SMILES string of the molecule is CCOC(=O)c1c(-c2cc(Br)ccc2OC)noc1C. The summed E-state index contributed by atoms with van der Waals surface area (Å²) >= 11 is 3.39. The zero-order valence-corrected chi connectivity index (χ0v) is 13.0. The standard InChI is InChI=1S/C14H14BrNO4/c1-4-19-14(17)12-8(2)20-16-13(12)10-7-9(15)5-6-11(10)18-3/h5-7H,4H2,1-3H3. The van der Waals surface area contributed by atoms with Crippen LogP contribution >= 0.6 is 15.9 Å². The molecule has 0 unspecified atom stereocenters. The summed E-state index contributed by atoms with van der Waals surface area (Å²) < 4.78 is 16.3. The van der Waals surface area contributed by atoms with Gasteiger partial charge in [-0.15, -0.1) is 0 Å². The highest BCUT2D eigenvalue weighted by atomic mass is 79.9. The van der Waals surface area contributed by atoms with Gasteiger partial charge in [-0.05, 0) is 32.0 Å². The zero-order valence-electron chi connectivity index (χ0n) is 11.4. The average Bonchev–Trinajstić information content (AvgIpc) is 2.80. The van der Waals surface area contributed by atoms with Gasteiger partial charge < -0.3 is 14.0 Å². The molecule has 0 amide bonds. The summed E-state index contributed by atoms with van der Waals surface area (Å²) in [7, 11) is 1.56. The van der Waals surface area contributed by atoms with E-state index in [1.807, 2.05) is 12.1 Å². The molecule has 0 aliphatic rings. The summed E-state index contributed by atoms with van der Waals surface area (Å²) in [5.74, 6) is 0.566. The van der Waals surface area contributed by atoms with Crippen LogP contribution < -0.4 is 4.74 Å². The molecular weight excluding hydrogens is 326 g/mol. The molecule has 106 valence electrons. The first-order valence-corrected chi connectivity index (χ1v) is 6.85. The third-order valence-corrected chi connectivity index (χ3v) is 3.25. The second kappa shape index (κ2) is 6.09.